The first kappa shape index (κ1) is 23.9. The van der Waals surface area contributed by atoms with E-state index in [-0.39, 0.29) is 5.91 Å². The van der Waals surface area contributed by atoms with Crippen LogP contribution in [0.5, 0.6) is 17.2 Å². The molecule has 0 aromatic heterocycles. The van der Waals surface area contributed by atoms with Crippen molar-refractivity contribution >= 4 is 40.3 Å². The second-order valence-electron chi connectivity index (χ2n) is 7.53. The van der Waals surface area contributed by atoms with Crippen molar-refractivity contribution in [3.8, 4) is 17.2 Å². The van der Waals surface area contributed by atoms with E-state index in [1.807, 2.05) is 84.9 Å². The third kappa shape index (κ3) is 6.18. The Hall–Kier alpha value is -3.29. The zero-order chi connectivity index (χ0) is 23.8. The molecule has 3 aromatic carbocycles. The Morgan fingerprint density at radius 1 is 0.912 bits per heavy atom. The molecular formula is C27H25NO4S2. The Morgan fingerprint density at radius 3 is 2.35 bits per heavy atom. The lowest BCUT2D eigenvalue weighted by molar-refractivity contribution is -0.122. The van der Waals surface area contributed by atoms with Crippen molar-refractivity contribution in [1.29, 1.82) is 0 Å². The highest BCUT2D eigenvalue weighted by molar-refractivity contribution is 8.26. The highest BCUT2D eigenvalue weighted by Gasteiger charge is 2.32. The van der Waals surface area contributed by atoms with Gasteiger partial charge in [-0.15, -0.1) is 0 Å². The molecule has 1 heterocycles. The van der Waals surface area contributed by atoms with E-state index in [0.717, 1.165) is 23.3 Å². The van der Waals surface area contributed by atoms with Gasteiger partial charge in [0.25, 0.3) is 5.91 Å². The van der Waals surface area contributed by atoms with Crippen LogP contribution in [0.2, 0.25) is 0 Å². The number of ether oxygens (including phenoxy) is 3. The Bertz CT molecular complexity index is 1170. The molecular weight excluding hydrogens is 466 g/mol. The molecule has 0 bridgehead atoms. The van der Waals surface area contributed by atoms with Crippen LogP contribution in [-0.2, 0) is 11.3 Å². The lowest BCUT2D eigenvalue weighted by Gasteiger charge is -2.14. The molecule has 0 atom stereocenters. The minimum atomic E-state index is -0.0865. The van der Waals surface area contributed by atoms with Crippen LogP contribution >= 0.6 is 24.0 Å². The van der Waals surface area contributed by atoms with E-state index >= 15 is 0 Å². The first-order valence-electron chi connectivity index (χ1n) is 10.9. The Kier molecular flexibility index (Phi) is 8.22. The molecule has 1 aliphatic heterocycles. The van der Waals surface area contributed by atoms with E-state index in [9.17, 15) is 4.79 Å². The first-order valence-corrected chi connectivity index (χ1v) is 12.1. The number of thioether (sulfide) groups is 1. The topological polar surface area (TPSA) is 48.0 Å². The molecule has 1 fully saturated rings. The van der Waals surface area contributed by atoms with Gasteiger partial charge in [-0.3, -0.25) is 9.69 Å². The zero-order valence-electron chi connectivity index (χ0n) is 18.8. The molecule has 1 aliphatic rings. The number of hydrogen-bond donors (Lipinski definition) is 0. The fourth-order valence-electron chi connectivity index (χ4n) is 3.39. The molecule has 1 saturated heterocycles. The zero-order valence-corrected chi connectivity index (χ0v) is 20.4. The quantitative estimate of drug-likeness (QED) is 0.199. The molecule has 0 radical (unpaired) electrons. The minimum Gasteiger partial charge on any atom is -0.493 e. The lowest BCUT2D eigenvalue weighted by atomic mass is 10.1. The lowest BCUT2D eigenvalue weighted by Crippen LogP contribution is -2.27. The summed E-state index contributed by atoms with van der Waals surface area (Å²) in [6.07, 6.45) is 2.58. The highest BCUT2D eigenvalue weighted by Crippen LogP contribution is 2.35. The van der Waals surface area contributed by atoms with Gasteiger partial charge < -0.3 is 14.2 Å². The van der Waals surface area contributed by atoms with Crippen molar-refractivity contribution in [1.82, 2.24) is 4.90 Å². The van der Waals surface area contributed by atoms with Gasteiger partial charge in [0.05, 0.1) is 31.8 Å². The second kappa shape index (κ2) is 11.7. The van der Waals surface area contributed by atoms with Crippen molar-refractivity contribution in [2.75, 3.05) is 20.3 Å². The molecule has 0 aliphatic carbocycles. The number of carbonyl (C=O) groups is 1. The fraction of sp³-hybridized carbons (Fsp3) is 0.185. The molecule has 4 rings (SSSR count). The number of carbonyl (C=O) groups excluding carboxylic acids is 1. The number of methoxy groups -OCH3 is 1. The molecule has 5 nitrogen and oxygen atoms in total. The van der Waals surface area contributed by atoms with Gasteiger partial charge in [-0.1, -0.05) is 78.6 Å². The third-order valence-corrected chi connectivity index (χ3v) is 6.48. The second-order valence-corrected chi connectivity index (χ2v) is 9.20. The molecule has 34 heavy (non-hydrogen) atoms. The predicted octanol–water partition coefficient (Wildman–Crippen LogP) is 5.94. The van der Waals surface area contributed by atoms with Crippen LogP contribution in [0, 0.1) is 0 Å². The van der Waals surface area contributed by atoms with Crippen molar-refractivity contribution < 1.29 is 19.0 Å². The Morgan fingerprint density at radius 2 is 1.62 bits per heavy atom. The van der Waals surface area contributed by atoms with Crippen LogP contribution < -0.4 is 14.2 Å². The first-order chi connectivity index (χ1) is 16.6. The molecule has 0 spiro atoms. The van der Waals surface area contributed by atoms with E-state index in [1.165, 1.54) is 11.8 Å². The Labute approximate surface area is 209 Å². The average molecular weight is 492 g/mol. The van der Waals surface area contributed by atoms with Crippen LogP contribution in [0.25, 0.3) is 6.08 Å². The van der Waals surface area contributed by atoms with E-state index in [2.05, 4.69) is 0 Å². The molecule has 3 aromatic rings. The third-order valence-electron chi connectivity index (χ3n) is 5.10. The van der Waals surface area contributed by atoms with E-state index < -0.39 is 0 Å². The van der Waals surface area contributed by atoms with E-state index in [0.29, 0.717) is 40.5 Å². The van der Waals surface area contributed by atoms with Crippen LogP contribution in [0.4, 0.5) is 0 Å². The highest BCUT2D eigenvalue weighted by atomic mass is 32.2. The summed E-state index contributed by atoms with van der Waals surface area (Å²) in [5.41, 5.74) is 1.88. The number of para-hydroxylation sites is 1. The summed E-state index contributed by atoms with van der Waals surface area (Å²) in [7, 11) is 1.60. The van der Waals surface area contributed by atoms with Gasteiger partial charge >= 0.3 is 0 Å². The maximum absolute atomic E-state index is 12.9. The fourth-order valence-corrected chi connectivity index (χ4v) is 4.65. The standard InChI is InChI=1S/C27H25NO4S2/c1-30-24-17-21(13-14-23(24)32-16-8-15-31-22-11-6-3-7-12-22)18-25-26(29)28(27(33)34-25)19-20-9-4-2-5-10-20/h2-7,9-14,17-18H,8,15-16,19H2,1H3/b25-18-. The molecule has 174 valence electrons. The summed E-state index contributed by atoms with van der Waals surface area (Å²) in [6, 6.07) is 25.2. The predicted molar refractivity (Wildman–Crippen MR) is 140 cm³/mol. The summed E-state index contributed by atoms with van der Waals surface area (Å²) in [6.45, 7) is 1.53. The number of benzene rings is 3. The van der Waals surface area contributed by atoms with Gasteiger partial charge in [0.15, 0.2) is 11.5 Å². The van der Waals surface area contributed by atoms with Crippen LogP contribution in [0.3, 0.4) is 0 Å². The van der Waals surface area contributed by atoms with Gasteiger partial charge in [0, 0.05) is 6.42 Å². The van der Waals surface area contributed by atoms with Gasteiger partial charge in [-0.05, 0) is 41.5 Å². The number of hydrogen-bond acceptors (Lipinski definition) is 6. The summed E-state index contributed by atoms with van der Waals surface area (Å²) in [4.78, 5) is 15.2. The normalized spacial score (nSPS) is 14.5. The van der Waals surface area contributed by atoms with Crippen molar-refractivity contribution in [2.24, 2.45) is 0 Å². The summed E-state index contributed by atoms with van der Waals surface area (Å²) >= 11 is 6.77. The average Bonchev–Trinajstić information content (AvgIpc) is 3.13. The molecule has 0 saturated carbocycles. The molecule has 7 heteroatoms. The summed E-state index contributed by atoms with van der Waals surface area (Å²) in [5.74, 6) is 2.02. The number of amides is 1. The molecule has 1 amide bonds. The molecule has 0 unspecified atom stereocenters. The van der Waals surface area contributed by atoms with E-state index in [4.69, 9.17) is 26.4 Å². The van der Waals surface area contributed by atoms with Crippen LogP contribution in [0.1, 0.15) is 17.5 Å². The van der Waals surface area contributed by atoms with Crippen molar-refractivity contribution in [3.63, 3.8) is 0 Å². The van der Waals surface area contributed by atoms with Crippen molar-refractivity contribution in [2.45, 2.75) is 13.0 Å². The van der Waals surface area contributed by atoms with Gasteiger partial charge in [0.2, 0.25) is 0 Å². The smallest absolute Gasteiger partial charge is 0.266 e. The minimum absolute atomic E-state index is 0.0865. The van der Waals surface area contributed by atoms with Gasteiger partial charge in [0.1, 0.15) is 10.1 Å². The van der Waals surface area contributed by atoms with Crippen LogP contribution in [0.15, 0.2) is 83.8 Å². The number of thiocarbonyl (C=S) groups is 1. The SMILES string of the molecule is COc1cc(/C=C2\SC(=S)N(Cc3ccccc3)C2=O)ccc1OCCCOc1ccccc1. The number of nitrogens with zero attached hydrogens (tertiary/aromatic N) is 1. The summed E-state index contributed by atoms with van der Waals surface area (Å²) < 4.78 is 17.6. The van der Waals surface area contributed by atoms with Gasteiger partial charge in [-0.25, -0.2) is 0 Å². The van der Waals surface area contributed by atoms with Crippen molar-refractivity contribution in [3.05, 3.63) is 94.9 Å². The largest absolute Gasteiger partial charge is 0.493 e. The Balaban J connectivity index is 1.35. The maximum Gasteiger partial charge on any atom is 0.266 e. The van der Waals surface area contributed by atoms with Gasteiger partial charge in [-0.2, -0.15) is 0 Å². The number of rotatable bonds is 10. The monoisotopic (exact) mass is 491 g/mol. The summed E-state index contributed by atoms with van der Waals surface area (Å²) in [5, 5.41) is 0. The maximum atomic E-state index is 12.9. The molecule has 0 N–H and O–H groups in total. The van der Waals surface area contributed by atoms with E-state index in [1.54, 1.807) is 12.0 Å². The van der Waals surface area contributed by atoms with Crippen LogP contribution in [-0.4, -0.2) is 35.5 Å².